The summed E-state index contributed by atoms with van der Waals surface area (Å²) in [6.07, 6.45) is 0. The van der Waals surface area contributed by atoms with Crippen molar-refractivity contribution >= 4 is 50.5 Å². The SMILES string of the molecule is Cc1cccc(C(Br)c2cc(Cl)sc2Cl)c1C. The van der Waals surface area contributed by atoms with Gasteiger partial charge >= 0.3 is 0 Å². The Morgan fingerprint density at radius 2 is 1.88 bits per heavy atom. The lowest BCUT2D eigenvalue weighted by Gasteiger charge is -2.14. The van der Waals surface area contributed by atoms with E-state index in [1.807, 2.05) is 6.07 Å². The van der Waals surface area contributed by atoms with Crippen LogP contribution in [-0.4, -0.2) is 0 Å². The lowest BCUT2D eigenvalue weighted by molar-refractivity contribution is 1.13. The Bertz CT molecular complexity index is 548. The van der Waals surface area contributed by atoms with Crippen LogP contribution in [0.15, 0.2) is 24.3 Å². The maximum atomic E-state index is 6.19. The minimum atomic E-state index is 0.0960. The molecule has 4 heteroatoms. The molecular weight excluding hydrogens is 339 g/mol. The Labute approximate surface area is 124 Å². The van der Waals surface area contributed by atoms with Crippen LogP contribution in [0, 0.1) is 13.8 Å². The summed E-state index contributed by atoms with van der Waals surface area (Å²) in [6.45, 7) is 4.24. The van der Waals surface area contributed by atoms with Gasteiger partial charge in [0.05, 0.1) is 13.5 Å². The van der Waals surface area contributed by atoms with Gasteiger partial charge in [-0.3, -0.25) is 0 Å². The van der Waals surface area contributed by atoms with Crippen LogP contribution < -0.4 is 0 Å². The summed E-state index contributed by atoms with van der Waals surface area (Å²) in [5, 5.41) is 0. The molecule has 2 aromatic rings. The summed E-state index contributed by atoms with van der Waals surface area (Å²) in [5.74, 6) is 0. The number of rotatable bonds is 2. The number of aryl methyl sites for hydroxylation is 1. The highest BCUT2D eigenvalue weighted by Gasteiger charge is 2.18. The number of hydrogen-bond donors (Lipinski definition) is 0. The third-order valence-electron chi connectivity index (χ3n) is 2.88. The molecule has 0 aliphatic carbocycles. The zero-order valence-electron chi connectivity index (χ0n) is 9.43. The average Bonchev–Trinajstić information content (AvgIpc) is 2.61. The van der Waals surface area contributed by atoms with E-state index in [4.69, 9.17) is 23.2 Å². The Kier molecular flexibility index (Phi) is 4.19. The quantitative estimate of drug-likeness (QED) is 0.570. The predicted molar refractivity (Wildman–Crippen MR) is 81.0 cm³/mol. The van der Waals surface area contributed by atoms with E-state index < -0.39 is 0 Å². The molecule has 0 radical (unpaired) electrons. The van der Waals surface area contributed by atoms with E-state index in [9.17, 15) is 0 Å². The van der Waals surface area contributed by atoms with Crippen molar-refractivity contribution in [2.75, 3.05) is 0 Å². The molecule has 1 unspecified atom stereocenters. The monoisotopic (exact) mass is 348 g/mol. The normalized spacial score (nSPS) is 12.8. The van der Waals surface area contributed by atoms with Crippen molar-refractivity contribution in [1.29, 1.82) is 0 Å². The summed E-state index contributed by atoms with van der Waals surface area (Å²) >= 11 is 17.3. The van der Waals surface area contributed by atoms with Gasteiger partial charge in [-0.05, 0) is 36.6 Å². The Hall–Kier alpha value is -0.0200. The van der Waals surface area contributed by atoms with E-state index in [0.717, 1.165) is 14.2 Å². The molecule has 0 spiro atoms. The zero-order chi connectivity index (χ0) is 12.6. The minimum absolute atomic E-state index is 0.0960. The van der Waals surface area contributed by atoms with Crippen molar-refractivity contribution < 1.29 is 0 Å². The van der Waals surface area contributed by atoms with Gasteiger partial charge in [-0.25, -0.2) is 0 Å². The summed E-state index contributed by atoms with van der Waals surface area (Å²) in [4.78, 5) is 0.0960. The Morgan fingerprint density at radius 3 is 2.47 bits per heavy atom. The number of hydrogen-bond acceptors (Lipinski definition) is 1. The highest BCUT2D eigenvalue weighted by Crippen LogP contribution is 2.42. The van der Waals surface area contributed by atoms with Crippen molar-refractivity contribution in [2.24, 2.45) is 0 Å². The van der Waals surface area contributed by atoms with E-state index in [-0.39, 0.29) is 4.83 Å². The second kappa shape index (κ2) is 5.31. The summed E-state index contributed by atoms with van der Waals surface area (Å²) < 4.78 is 1.47. The van der Waals surface area contributed by atoms with Crippen molar-refractivity contribution in [2.45, 2.75) is 18.7 Å². The first-order valence-corrected chi connectivity index (χ1v) is 7.64. The number of halogens is 3. The second-order valence-corrected chi connectivity index (χ2v) is 7.13. The van der Waals surface area contributed by atoms with Crippen LogP contribution in [0.1, 0.15) is 27.1 Å². The predicted octanol–water partition coefficient (Wildman–Crippen LogP) is 6.16. The van der Waals surface area contributed by atoms with Gasteiger partial charge in [0.15, 0.2) is 0 Å². The van der Waals surface area contributed by atoms with Crippen LogP contribution in [0.25, 0.3) is 0 Å². The first-order valence-electron chi connectivity index (χ1n) is 5.15. The van der Waals surface area contributed by atoms with E-state index in [1.54, 1.807) is 0 Å². The molecule has 0 aliphatic rings. The maximum absolute atomic E-state index is 6.19. The van der Waals surface area contributed by atoms with Crippen LogP contribution in [0.5, 0.6) is 0 Å². The average molecular weight is 350 g/mol. The lowest BCUT2D eigenvalue weighted by atomic mass is 9.98. The fourth-order valence-electron chi connectivity index (χ4n) is 1.74. The fraction of sp³-hybridized carbons (Fsp3) is 0.231. The van der Waals surface area contributed by atoms with Crippen LogP contribution in [0.2, 0.25) is 8.67 Å². The molecule has 0 nitrogen and oxygen atoms in total. The van der Waals surface area contributed by atoms with Crippen molar-refractivity contribution in [3.8, 4) is 0 Å². The highest BCUT2D eigenvalue weighted by molar-refractivity contribution is 9.09. The maximum Gasteiger partial charge on any atom is 0.0990 e. The van der Waals surface area contributed by atoms with Gasteiger partial charge in [0.1, 0.15) is 0 Å². The molecule has 0 amide bonds. The van der Waals surface area contributed by atoms with Crippen molar-refractivity contribution in [1.82, 2.24) is 0 Å². The fourth-order valence-corrected chi connectivity index (χ4v) is 4.41. The van der Waals surface area contributed by atoms with Gasteiger partial charge in [0.2, 0.25) is 0 Å². The van der Waals surface area contributed by atoms with E-state index in [2.05, 4.69) is 48.0 Å². The summed E-state index contributed by atoms with van der Waals surface area (Å²) in [5.41, 5.74) is 4.84. The standard InChI is InChI=1S/C13H11BrCl2S/c1-7-4-3-5-9(8(7)2)12(14)10-6-11(15)17-13(10)16/h3-6,12H,1-2H3. The Morgan fingerprint density at radius 1 is 1.18 bits per heavy atom. The van der Waals surface area contributed by atoms with Gasteiger partial charge in [0, 0.05) is 5.56 Å². The van der Waals surface area contributed by atoms with Gasteiger partial charge in [0.25, 0.3) is 0 Å². The highest BCUT2D eigenvalue weighted by atomic mass is 79.9. The largest absolute Gasteiger partial charge is 0.111 e. The molecule has 0 saturated carbocycles. The molecule has 1 aromatic heterocycles. The molecule has 90 valence electrons. The van der Waals surface area contributed by atoms with Crippen molar-refractivity contribution in [3.05, 3.63) is 55.2 Å². The summed E-state index contributed by atoms with van der Waals surface area (Å²) in [7, 11) is 0. The molecule has 1 aromatic carbocycles. The molecule has 1 heterocycles. The van der Waals surface area contributed by atoms with Gasteiger partial charge in [-0.15, -0.1) is 11.3 Å². The molecule has 0 bridgehead atoms. The third-order valence-corrected chi connectivity index (χ3v) is 5.38. The van der Waals surface area contributed by atoms with Crippen molar-refractivity contribution in [3.63, 3.8) is 0 Å². The number of thiophene rings is 1. The molecule has 0 aliphatic heterocycles. The lowest BCUT2D eigenvalue weighted by Crippen LogP contribution is -1.96. The molecule has 0 saturated heterocycles. The van der Waals surface area contributed by atoms with E-state index in [1.165, 1.54) is 28.0 Å². The number of benzene rings is 1. The zero-order valence-corrected chi connectivity index (χ0v) is 13.3. The van der Waals surface area contributed by atoms with E-state index >= 15 is 0 Å². The Balaban J connectivity index is 2.47. The molecule has 0 N–H and O–H groups in total. The van der Waals surface area contributed by atoms with Gasteiger partial charge < -0.3 is 0 Å². The molecule has 2 rings (SSSR count). The minimum Gasteiger partial charge on any atom is -0.111 e. The summed E-state index contributed by atoms with van der Waals surface area (Å²) in [6, 6.07) is 8.22. The molecule has 17 heavy (non-hydrogen) atoms. The van der Waals surface area contributed by atoms with Crippen LogP contribution in [-0.2, 0) is 0 Å². The van der Waals surface area contributed by atoms with Crippen LogP contribution >= 0.6 is 50.5 Å². The first-order chi connectivity index (χ1) is 8.00. The van der Waals surface area contributed by atoms with Gasteiger partial charge in [-0.1, -0.05) is 57.3 Å². The number of alkyl halides is 1. The smallest absolute Gasteiger partial charge is 0.0990 e. The first kappa shape index (κ1) is 13.4. The molecule has 0 fully saturated rings. The van der Waals surface area contributed by atoms with Crippen LogP contribution in [0.3, 0.4) is 0 Å². The van der Waals surface area contributed by atoms with Gasteiger partial charge in [-0.2, -0.15) is 0 Å². The molecular formula is C13H11BrCl2S. The second-order valence-electron chi connectivity index (χ2n) is 3.93. The van der Waals surface area contributed by atoms with E-state index in [0.29, 0.717) is 0 Å². The van der Waals surface area contributed by atoms with Crippen LogP contribution in [0.4, 0.5) is 0 Å². The third kappa shape index (κ3) is 2.70. The molecule has 1 atom stereocenters. The topological polar surface area (TPSA) is 0 Å².